The molecule has 0 saturated carbocycles. The molecule has 21 heavy (non-hydrogen) atoms. The van der Waals surface area contributed by atoms with Crippen LogP contribution < -0.4 is 15.2 Å². The van der Waals surface area contributed by atoms with Gasteiger partial charge in [-0.2, -0.15) is 0 Å². The summed E-state index contributed by atoms with van der Waals surface area (Å²) in [5, 5.41) is 0.396. The highest BCUT2D eigenvalue weighted by molar-refractivity contribution is 7.92. The van der Waals surface area contributed by atoms with Crippen LogP contribution in [0.15, 0.2) is 47.4 Å². The second-order valence-corrected chi connectivity index (χ2v) is 6.35. The zero-order valence-corrected chi connectivity index (χ0v) is 12.9. The maximum atomic E-state index is 12.5. The van der Waals surface area contributed by atoms with Crippen LogP contribution in [0.3, 0.4) is 0 Å². The van der Waals surface area contributed by atoms with Crippen LogP contribution in [0, 0.1) is 0 Å². The summed E-state index contributed by atoms with van der Waals surface area (Å²) >= 11 is 5.84. The van der Waals surface area contributed by atoms with Crippen LogP contribution in [0.2, 0.25) is 5.02 Å². The molecule has 0 bridgehead atoms. The van der Waals surface area contributed by atoms with Crippen molar-refractivity contribution in [2.75, 3.05) is 11.8 Å². The predicted molar refractivity (Wildman–Crippen MR) is 83.1 cm³/mol. The number of ether oxygens (including phenoxy) is 1. The van der Waals surface area contributed by atoms with Crippen molar-refractivity contribution >= 4 is 27.3 Å². The molecule has 0 amide bonds. The molecule has 0 aliphatic heterocycles. The highest BCUT2D eigenvalue weighted by Gasteiger charge is 2.20. The molecule has 0 aliphatic carbocycles. The molecule has 0 atom stereocenters. The molecule has 0 heterocycles. The van der Waals surface area contributed by atoms with Crippen molar-refractivity contribution in [1.29, 1.82) is 0 Å². The molecule has 2 aromatic carbocycles. The average Bonchev–Trinajstić information content (AvgIpc) is 2.47. The molecule has 2 aromatic rings. The first-order valence-corrected chi connectivity index (χ1v) is 7.98. The van der Waals surface area contributed by atoms with Gasteiger partial charge in [-0.05, 0) is 23.8 Å². The Balaban J connectivity index is 2.43. The molecule has 7 heteroatoms. The fraction of sp³-hybridized carbons (Fsp3) is 0.143. The van der Waals surface area contributed by atoms with Crippen molar-refractivity contribution in [1.82, 2.24) is 0 Å². The number of hydrogen-bond donors (Lipinski definition) is 2. The van der Waals surface area contributed by atoms with Gasteiger partial charge in [-0.3, -0.25) is 4.72 Å². The Morgan fingerprint density at radius 2 is 1.95 bits per heavy atom. The number of halogens is 1. The minimum Gasteiger partial charge on any atom is -0.495 e. The molecule has 0 spiro atoms. The van der Waals surface area contributed by atoms with Gasteiger partial charge in [-0.25, -0.2) is 8.42 Å². The van der Waals surface area contributed by atoms with Crippen LogP contribution in [-0.2, 0) is 16.6 Å². The van der Waals surface area contributed by atoms with Crippen LogP contribution in [-0.4, -0.2) is 15.5 Å². The summed E-state index contributed by atoms with van der Waals surface area (Å²) in [6.07, 6.45) is 0. The van der Waals surface area contributed by atoms with Gasteiger partial charge in [-0.1, -0.05) is 29.8 Å². The van der Waals surface area contributed by atoms with Crippen LogP contribution >= 0.6 is 11.6 Å². The molecule has 3 N–H and O–H groups in total. The Bertz CT molecular complexity index is 748. The molecule has 2 rings (SSSR count). The van der Waals surface area contributed by atoms with Crippen molar-refractivity contribution in [3.63, 3.8) is 0 Å². The normalized spacial score (nSPS) is 11.2. The number of nitrogens with one attached hydrogen (secondary N) is 1. The van der Waals surface area contributed by atoms with Crippen LogP contribution in [0.1, 0.15) is 5.56 Å². The van der Waals surface area contributed by atoms with Gasteiger partial charge >= 0.3 is 0 Å². The zero-order chi connectivity index (χ0) is 15.5. The summed E-state index contributed by atoms with van der Waals surface area (Å²) in [4.78, 5) is 0.0150. The van der Waals surface area contributed by atoms with Gasteiger partial charge in [0.25, 0.3) is 10.0 Å². The predicted octanol–water partition coefficient (Wildman–Crippen LogP) is 2.61. The summed E-state index contributed by atoms with van der Waals surface area (Å²) in [6.45, 7) is 0.233. The van der Waals surface area contributed by atoms with E-state index in [-0.39, 0.29) is 17.2 Å². The summed E-state index contributed by atoms with van der Waals surface area (Å²) in [5.74, 6) is 0.181. The summed E-state index contributed by atoms with van der Waals surface area (Å²) in [6, 6.07) is 11.3. The first kappa shape index (κ1) is 15.6. The van der Waals surface area contributed by atoms with Gasteiger partial charge in [0.15, 0.2) is 0 Å². The number of benzene rings is 2. The Morgan fingerprint density at radius 3 is 2.62 bits per heavy atom. The monoisotopic (exact) mass is 326 g/mol. The third-order valence-corrected chi connectivity index (χ3v) is 4.54. The Kier molecular flexibility index (Phi) is 4.72. The number of hydrogen-bond acceptors (Lipinski definition) is 4. The summed E-state index contributed by atoms with van der Waals surface area (Å²) in [7, 11) is -2.41. The van der Waals surface area contributed by atoms with Crippen molar-refractivity contribution in [3.05, 3.63) is 53.1 Å². The summed E-state index contributed by atoms with van der Waals surface area (Å²) in [5.41, 5.74) is 6.75. The van der Waals surface area contributed by atoms with E-state index < -0.39 is 10.0 Å². The van der Waals surface area contributed by atoms with E-state index in [1.54, 1.807) is 24.3 Å². The Morgan fingerprint density at radius 1 is 1.24 bits per heavy atom. The van der Waals surface area contributed by atoms with Gasteiger partial charge in [0.2, 0.25) is 0 Å². The van der Waals surface area contributed by atoms with Gasteiger partial charge in [-0.15, -0.1) is 0 Å². The standard InChI is InChI=1S/C14H15ClN2O3S/c1-20-13-8-11(15)6-7-14(13)21(18,19)17-12-5-3-2-4-10(12)9-16/h2-8,17H,9,16H2,1H3. The first-order valence-electron chi connectivity index (χ1n) is 6.12. The van der Waals surface area contributed by atoms with Crippen molar-refractivity contribution in [2.24, 2.45) is 5.73 Å². The molecule has 0 aliphatic rings. The maximum Gasteiger partial charge on any atom is 0.265 e. The van der Waals surface area contributed by atoms with Crippen LogP contribution in [0.4, 0.5) is 5.69 Å². The van der Waals surface area contributed by atoms with Gasteiger partial charge < -0.3 is 10.5 Å². The van der Waals surface area contributed by atoms with E-state index in [1.807, 2.05) is 0 Å². The molecule has 0 radical (unpaired) electrons. The first-order chi connectivity index (χ1) is 9.97. The number of methoxy groups -OCH3 is 1. The van der Waals surface area contributed by atoms with Gasteiger partial charge in [0.1, 0.15) is 10.6 Å². The fourth-order valence-corrected chi connectivity index (χ4v) is 3.28. The minimum absolute atomic E-state index is 0.0150. The zero-order valence-electron chi connectivity index (χ0n) is 11.3. The number of nitrogens with two attached hydrogens (primary N) is 1. The lowest BCUT2D eigenvalue weighted by Gasteiger charge is -2.14. The molecule has 112 valence electrons. The topological polar surface area (TPSA) is 81.4 Å². The van der Waals surface area contributed by atoms with E-state index in [0.717, 1.165) is 0 Å². The smallest absolute Gasteiger partial charge is 0.265 e. The average molecular weight is 327 g/mol. The number of sulfonamides is 1. The fourth-order valence-electron chi connectivity index (χ4n) is 1.86. The molecule has 0 aromatic heterocycles. The number of anilines is 1. The largest absolute Gasteiger partial charge is 0.495 e. The molecule has 0 saturated heterocycles. The van der Waals surface area contributed by atoms with Crippen LogP contribution in [0.25, 0.3) is 0 Å². The lowest BCUT2D eigenvalue weighted by molar-refractivity contribution is 0.403. The van der Waals surface area contributed by atoms with Gasteiger partial charge in [0, 0.05) is 17.6 Å². The van der Waals surface area contributed by atoms with E-state index in [0.29, 0.717) is 16.3 Å². The van der Waals surface area contributed by atoms with Gasteiger partial charge in [0.05, 0.1) is 12.8 Å². The number of para-hydroxylation sites is 1. The lowest BCUT2D eigenvalue weighted by atomic mass is 10.2. The Hall–Kier alpha value is -1.76. The van der Waals surface area contributed by atoms with E-state index in [1.165, 1.54) is 25.3 Å². The van der Waals surface area contributed by atoms with E-state index in [9.17, 15) is 8.42 Å². The molecule has 0 unspecified atom stereocenters. The molecule has 5 nitrogen and oxygen atoms in total. The van der Waals surface area contributed by atoms with Crippen molar-refractivity contribution in [3.8, 4) is 5.75 Å². The third kappa shape index (κ3) is 3.47. The molecular formula is C14H15ClN2O3S. The second kappa shape index (κ2) is 6.34. The van der Waals surface area contributed by atoms with Crippen molar-refractivity contribution in [2.45, 2.75) is 11.4 Å². The van der Waals surface area contributed by atoms with Crippen molar-refractivity contribution < 1.29 is 13.2 Å². The lowest BCUT2D eigenvalue weighted by Crippen LogP contribution is -2.16. The second-order valence-electron chi connectivity index (χ2n) is 4.26. The van der Waals surface area contributed by atoms with E-state index >= 15 is 0 Å². The molecule has 0 fully saturated rings. The maximum absolute atomic E-state index is 12.5. The Labute approximate surface area is 128 Å². The minimum atomic E-state index is -3.79. The quantitative estimate of drug-likeness (QED) is 0.885. The highest BCUT2D eigenvalue weighted by atomic mass is 35.5. The third-order valence-electron chi connectivity index (χ3n) is 2.90. The number of rotatable bonds is 5. The van der Waals surface area contributed by atoms with Crippen LogP contribution in [0.5, 0.6) is 5.75 Å². The highest BCUT2D eigenvalue weighted by Crippen LogP contribution is 2.29. The van der Waals surface area contributed by atoms with E-state index in [4.69, 9.17) is 22.1 Å². The summed E-state index contributed by atoms with van der Waals surface area (Å²) < 4.78 is 32.6. The molecular weight excluding hydrogens is 312 g/mol. The van der Waals surface area contributed by atoms with E-state index in [2.05, 4.69) is 4.72 Å². The SMILES string of the molecule is COc1cc(Cl)ccc1S(=O)(=O)Nc1ccccc1CN.